The average Bonchev–Trinajstić information content (AvgIpc) is 2.47. The summed E-state index contributed by atoms with van der Waals surface area (Å²) in [5.41, 5.74) is 2.28. The Kier molecular flexibility index (Phi) is 4.85. The van der Waals surface area contributed by atoms with Crippen molar-refractivity contribution >= 4 is 0 Å². The molecule has 0 saturated heterocycles. The van der Waals surface area contributed by atoms with E-state index in [0.29, 0.717) is 6.61 Å². The van der Waals surface area contributed by atoms with Gasteiger partial charge in [0.1, 0.15) is 18.1 Å². The quantitative estimate of drug-likeness (QED) is 0.776. The van der Waals surface area contributed by atoms with Gasteiger partial charge in [-0.2, -0.15) is 0 Å². The third kappa shape index (κ3) is 3.50. The molecule has 0 atom stereocenters. The molecule has 2 aromatic carbocycles. The smallest absolute Gasteiger partial charge is 0.127 e. The van der Waals surface area contributed by atoms with Crippen molar-refractivity contribution in [1.82, 2.24) is 0 Å². The summed E-state index contributed by atoms with van der Waals surface area (Å²) in [7, 11) is 1.68. The summed E-state index contributed by atoms with van der Waals surface area (Å²) in [6.45, 7) is 2.72. The highest BCUT2D eigenvalue weighted by atomic mass is 16.5. The van der Waals surface area contributed by atoms with Gasteiger partial charge in [0, 0.05) is 5.56 Å². The summed E-state index contributed by atoms with van der Waals surface area (Å²) in [5, 5.41) is 0. The zero-order valence-corrected chi connectivity index (χ0v) is 11.5. The second kappa shape index (κ2) is 6.83. The minimum absolute atomic E-state index is 0.568. The van der Waals surface area contributed by atoms with Crippen LogP contribution in [0.2, 0.25) is 0 Å². The van der Waals surface area contributed by atoms with E-state index in [1.807, 2.05) is 30.3 Å². The van der Waals surface area contributed by atoms with Gasteiger partial charge in [-0.15, -0.1) is 0 Å². The molecule has 0 aromatic heterocycles. The molecule has 2 rings (SSSR count). The molecule has 0 aliphatic carbocycles. The number of benzene rings is 2. The minimum atomic E-state index is 0.568. The lowest BCUT2D eigenvalue weighted by Crippen LogP contribution is -2.00. The molecule has 0 spiro atoms. The Morgan fingerprint density at radius 2 is 1.79 bits per heavy atom. The predicted octanol–water partition coefficient (Wildman–Crippen LogP) is 4.03. The van der Waals surface area contributed by atoms with Crippen LogP contribution in [0.1, 0.15) is 24.5 Å². The van der Waals surface area contributed by atoms with Gasteiger partial charge >= 0.3 is 0 Å². The predicted molar refractivity (Wildman–Crippen MR) is 76.6 cm³/mol. The summed E-state index contributed by atoms with van der Waals surface area (Å²) >= 11 is 0. The lowest BCUT2D eigenvalue weighted by Gasteiger charge is -2.14. The van der Waals surface area contributed by atoms with Crippen molar-refractivity contribution in [3.8, 4) is 11.5 Å². The van der Waals surface area contributed by atoms with Crippen LogP contribution in [0.15, 0.2) is 42.5 Å². The van der Waals surface area contributed by atoms with E-state index >= 15 is 0 Å². The molecule has 0 aliphatic rings. The Labute approximate surface area is 115 Å². The molecule has 0 bridgehead atoms. The summed E-state index contributed by atoms with van der Waals surface area (Å²) in [5.74, 6) is 1.72. The molecule has 0 N–H and O–H groups in total. The van der Waals surface area contributed by atoms with Crippen molar-refractivity contribution in [1.29, 1.82) is 0 Å². The monoisotopic (exact) mass is 255 g/mol. The maximum Gasteiger partial charge on any atom is 0.127 e. The van der Waals surface area contributed by atoms with Gasteiger partial charge in [-0.25, -0.2) is 0 Å². The van der Waals surface area contributed by atoms with Crippen LogP contribution in [0.3, 0.4) is 0 Å². The normalized spacial score (nSPS) is 10.2. The molecule has 1 radical (unpaired) electrons. The number of methoxy groups -OCH3 is 1. The molecule has 0 fully saturated rings. The van der Waals surface area contributed by atoms with Crippen molar-refractivity contribution in [2.24, 2.45) is 0 Å². The highest BCUT2D eigenvalue weighted by Crippen LogP contribution is 2.29. The van der Waals surface area contributed by atoms with Crippen molar-refractivity contribution < 1.29 is 9.47 Å². The maximum absolute atomic E-state index is 5.91. The zero-order valence-electron chi connectivity index (χ0n) is 11.5. The van der Waals surface area contributed by atoms with E-state index in [1.165, 1.54) is 0 Å². The van der Waals surface area contributed by atoms with Crippen molar-refractivity contribution in [3.05, 3.63) is 59.7 Å². The average molecular weight is 255 g/mol. The fourth-order valence-electron chi connectivity index (χ4n) is 2.03. The van der Waals surface area contributed by atoms with Crippen LogP contribution in [0.4, 0.5) is 0 Å². The van der Waals surface area contributed by atoms with Gasteiger partial charge in [0.25, 0.3) is 0 Å². The number of ether oxygens (including phenoxy) is 2. The van der Waals surface area contributed by atoms with Gasteiger partial charge in [-0.1, -0.05) is 43.7 Å². The van der Waals surface area contributed by atoms with Gasteiger partial charge < -0.3 is 9.47 Å². The Morgan fingerprint density at radius 1 is 1.05 bits per heavy atom. The lowest BCUT2D eigenvalue weighted by atomic mass is 10.1. The van der Waals surface area contributed by atoms with E-state index in [4.69, 9.17) is 9.47 Å². The Hall–Kier alpha value is -1.96. The highest BCUT2D eigenvalue weighted by molar-refractivity contribution is 5.44. The molecule has 0 heterocycles. The third-order valence-corrected chi connectivity index (χ3v) is 2.98. The Balaban J connectivity index is 2.15. The SMILES string of the molecule is CCCc1c(OC)c[c]cc1OCc1ccccc1. The van der Waals surface area contributed by atoms with Gasteiger partial charge in [0.2, 0.25) is 0 Å². The molecule has 0 unspecified atom stereocenters. The van der Waals surface area contributed by atoms with E-state index in [1.54, 1.807) is 7.11 Å². The third-order valence-electron chi connectivity index (χ3n) is 2.98. The minimum Gasteiger partial charge on any atom is -0.496 e. The molecule has 19 heavy (non-hydrogen) atoms. The molecule has 0 amide bonds. The second-order valence-electron chi connectivity index (χ2n) is 4.39. The fourth-order valence-corrected chi connectivity index (χ4v) is 2.03. The maximum atomic E-state index is 5.91. The lowest BCUT2D eigenvalue weighted by molar-refractivity contribution is 0.299. The summed E-state index contributed by atoms with van der Waals surface area (Å²) in [6, 6.07) is 17.0. The first-order valence-electron chi connectivity index (χ1n) is 6.58. The van der Waals surface area contributed by atoms with E-state index in [2.05, 4.69) is 25.1 Å². The first kappa shape index (κ1) is 13.5. The van der Waals surface area contributed by atoms with Crippen LogP contribution >= 0.6 is 0 Å². The summed E-state index contributed by atoms with van der Waals surface area (Å²) < 4.78 is 11.3. The van der Waals surface area contributed by atoms with Gasteiger partial charge in [0.15, 0.2) is 0 Å². The Bertz CT molecular complexity index is 506. The highest BCUT2D eigenvalue weighted by Gasteiger charge is 2.09. The molecule has 0 aliphatic heterocycles. The molecular weight excluding hydrogens is 236 g/mol. The molecule has 0 saturated carbocycles. The van der Waals surface area contributed by atoms with Gasteiger partial charge in [-0.3, -0.25) is 0 Å². The molecule has 2 heteroatoms. The number of hydrogen-bond acceptors (Lipinski definition) is 2. The van der Waals surface area contributed by atoms with E-state index < -0.39 is 0 Å². The topological polar surface area (TPSA) is 18.5 Å². The molecule has 99 valence electrons. The van der Waals surface area contributed by atoms with E-state index in [-0.39, 0.29) is 0 Å². The summed E-state index contributed by atoms with van der Waals surface area (Å²) in [4.78, 5) is 0. The standard InChI is InChI=1S/C17H19O2/c1-3-8-15-16(18-2)11-7-12-17(15)19-13-14-9-5-4-6-10-14/h4-6,9-12H,3,8,13H2,1-2H3. The first-order chi connectivity index (χ1) is 9.35. The van der Waals surface area contributed by atoms with Crippen LogP contribution in [-0.2, 0) is 13.0 Å². The van der Waals surface area contributed by atoms with Crippen molar-refractivity contribution in [3.63, 3.8) is 0 Å². The van der Waals surface area contributed by atoms with Crippen LogP contribution in [0, 0.1) is 6.07 Å². The van der Waals surface area contributed by atoms with Crippen LogP contribution < -0.4 is 9.47 Å². The number of rotatable bonds is 6. The fraction of sp³-hybridized carbons (Fsp3) is 0.294. The van der Waals surface area contributed by atoms with Crippen LogP contribution in [-0.4, -0.2) is 7.11 Å². The van der Waals surface area contributed by atoms with Crippen molar-refractivity contribution in [2.75, 3.05) is 7.11 Å². The summed E-state index contributed by atoms with van der Waals surface area (Å²) in [6.07, 6.45) is 2.00. The first-order valence-corrected chi connectivity index (χ1v) is 6.58. The largest absolute Gasteiger partial charge is 0.496 e. The zero-order chi connectivity index (χ0) is 13.5. The van der Waals surface area contributed by atoms with E-state index in [9.17, 15) is 0 Å². The number of hydrogen-bond donors (Lipinski definition) is 0. The molecular formula is C17H19O2. The molecule has 2 aromatic rings. The van der Waals surface area contributed by atoms with Crippen LogP contribution in [0.5, 0.6) is 11.5 Å². The van der Waals surface area contributed by atoms with E-state index in [0.717, 1.165) is 35.5 Å². The molecule has 2 nitrogen and oxygen atoms in total. The van der Waals surface area contributed by atoms with Crippen LogP contribution in [0.25, 0.3) is 0 Å². The van der Waals surface area contributed by atoms with Gasteiger partial charge in [0.05, 0.1) is 7.11 Å². The van der Waals surface area contributed by atoms with Gasteiger partial charge in [-0.05, 0) is 30.2 Å². The second-order valence-corrected chi connectivity index (χ2v) is 4.39. The Morgan fingerprint density at radius 3 is 2.47 bits per heavy atom. The van der Waals surface area contributed by atoms with Crippen molar-refractivity contribution in [2.45, 2.75) is 26.4 Å².